The fourth-order valence-corrected chi connectivity index (χ4v) is 3.38. The van der Waals surface area contributed by atoms with Crippen molar-refractivity contribution in [3.8, 4) is 0 Å². The van der Waals surface area contributed by atoms with Crippen molar-refractivity contribution in [3.05, 3.63) is 69.2 Å². The molecule has 0 spiro atoms. The van der Waals surface area contributed by atoms with Gasteiger partial charge in [-0.05, 0) is 35.2 Å². The van der Waals surface area contributed by atoms with Crippen molar-refractivity contribution in [2.24, 2.45) is 5.73 Å². The van der Waals surface area contributed by atoms with E-state index in [1.807, 2.05) is 12.1 Å². The molecule has 0 fully saturated rings. The van der Waals surface area contributed by atoms with Crippen molar-refractivity contribution in [1.82, 2.24) is 4.90 Å². The summed E-state index contributed by atoms with van der Waals surface area (Å²) in [5.74, 6) is 0. The van der Waals surface area contributed by atoms with Crippen molar-refractivity contribution in [3.63, 3.8) is 0 Å². The molecule has 1 aliphatic rings. The van der Waals surface area contributed by atoms with Gasteiger partial charge < -0.3 is 5.73 Å². The van der Waals surface area contributed by atoms with E-state index in [1.165, 1.54) is 11.1 Å². The summed E-state index contributed by atoms with van der Waals surface area (Å²) in [5, 5.41) is 1.36. The highest BCUT2D eigenvalue weighted by Crippen LogP contribution is 2.24. The SMILES string of the molecule is N[C@H](Cc1ccc(Cl)cc1Cl)CN1Cc2ccccc2C1. The Labute approximate surface area is 135 Å². The quantitative estimate of drug-likeness (QED) is 0.926. The van der Waals surface area contributed by atoms with E-state index in [9.17, 15) is 0 Å². The van der Waals surface area contributed by atoms with Crippen LogP contribution in [0.3, 0.4) is 0 Å². The maximum atomic E-state index is 6.29. The molecule has 0 amide bonds. The largest absolute Gasteiger partial charge is 0.326 e. The highest BCUT2D eigenvalue weighted by Gasteiger charge is 2.20. The molecule has 0 saturated heterocycles. The summed E-state index contributed by atoms with van der Waals surface area (Å²) in [6.45, 7) is 2.84. The average molecular weight is 321 g/mol. The second-order valence-electron chi connectivity index (χ2n) is 5.64. The number of nitrogens with zero attached hydrogens (tertiary/aromatic N) is 1. The zero-order valence-electron chi connectivity index (χ0n) is 11.7. The Balaban J connectivity index is 1.59. The van der Waals surface area contributed by atoms with E-state index in [0.717, 1.165) is 31.6 Å². The third kappa shape index (κ3) is 3.58. The summed E-state index contributed by atoms with van der Waals surface area (Å²) >= 11 is 12.1. The number of hydrogen-bond acceptors (Lipinski definition) is 2. The number of hydrogen-bond donors (Lipinski definition) is 1. The number of fused-ring (bicyclic) bond motifs is 1. The van der Waals surface area contributed by atoms with Gasteiger partial charge in [0.1, 0.15) is 0 Å². The maximum absolute atomic E-state index is 6.29. The van der Waals surface area contributed by atoms with E-state index >= 15 is 0 Å². The lowest BCUT2D eigenvalue weighted by Gasteiger charge is -2.20. The fraction of sp³-hybridized carbons (Fsp3) is 0.294. The van der Waals surface area contributed by atoms with Crippen LogP contribution in [0.1, 0.15) is 16.7 Å². The summed E-state index contributed by atoms with van der Waals surface area (Å²) in [7, 11) is 0. The van der Waals surface area contributed by atoms with E-state index < -0.39 is 0 Å². The highest BCUT2D eigenvalue weighted by molar-refractivity contribution is 6.35. The Morgan fingerprint density at radius 1 is 1.05 bits per heavy atom. The minimum Gasteiger partial charge on any atom is -0.326 e. The van der Waals surface area contributed by atoms with Crippen LogP contribution in [0.2, 0.25) is 10.0 Å². The van der Waals surface area contributed by atoms with Crippen LogP contribution in [0.25, 0.3) is 0 Å². The van der Waals surface area contributed by atoms with Gasteiger partial charge in [-0.15, -0.1) is 0 Å². The molecular formula is C17H18Cl2N2. The molecule has 21 heavy (non-hydrogen) atoms. The Kier molecular flexibility index (Phi) is 4.51. The number of benzene rings is 2. The van der Waals surface area contributed by atoms with Gasteiger partial charge in [0.15, 0.2) is 0 Å². The first-order valence-electron chi connectivity index (χ1n) is 7.10. The van der Waals surface area contributed by atoms with Crippen LogP contribution in [-0.2, 0) is 19.5 Å². The minimum absolute atomic E-state index is 0.0676. The molecule has 1 aliphatic heterocycles. The molecule has 3 rings (SSSR count). The summed E-state index contributed by atoms with van der Waals surface area (Å²) in [6.07, 6.45) is 0.767. The van der Waals surface area contributed by atoms with Crippen molar-refractivity contribution in [1.29, 1.82) is 0 Å². The summed E-state index contributed by atoms with van der Waals surface area (Å²) < 4.78 is 0. The zero-order chi connectivity index (χ0) is 14.8. The first kappa shape index (κ1) is 14.9. The molecule has 1 atom stereocenters. The van der Waals surface area contributed by atoms with Gasteiger partial charge in [-0.1, -0.05) is 53.5 Å². The van der Waals surface area contributed by atoms with Gasteiger partial charge in [-0.3, -0.25) is 4.90 Å². The van der Waals surface area contributed by atoms with Gasteiger partial charge in [0, 0.05) is 35.7 Å². The van der Waals surface area contributed by atoms with Gasteiger partial charge in [0.25, 0.3) is 0 Å². The molecule has 0 saturated carbocycles. The van der Waals surface area contributed by atoms with E-state index in [4.69, 9.17) is 28.9 Å². The summed E-state index contributed by atoms with van der Waals surface area (Å²) in [4.78, 5) is 2.39. The fourth-order valence-electron chi connectivity index (χ4n) is 2.90. The highest BCUT2D eigenvalue weighted by atomic mass is 35.5. The number of rotatable bonds is 4. The summed E-state index contributed by atoms with van der Waals surface area (Å²) in [6, 6.07) is 14.2. The van der Waals surface area contributed by atoms with Gasteiger partial charge in [0.2, 0.25) is 0 Å². The van der Waals surface area contributed by atoms with E-state index in [-0.39, 0.29) is 6.04 Å². The lowest BCUT2D eigenvalue weighted by Crippen LogP contribution is -2.36. The Hall–Kier alpha value is -1.06. The van der Waals surface area contributed by atoms with Crippen LogP contribution in [0, 0.1) is 0 Å². The number of halogens is 2. The molecular weight excluding hydrogens is 303 g/mol. The Bertz CT molecular complexity index is 617. The topological polar surface area (TPSA) is 29.3 Å². The van der Waals surface area contributed by atoms with Crippen molar-refractivity contribution >= 4 is 23.2 Å². The standard InChI is InChI=1S/C17H18Cl2N2/c18-15-6-5-12(17(19)8-15)7-16(20)11-21-9-13-3-1-2-4-14(13)10-21/h1-6,8,16H,7,9-11,20H2/t16-/m1/s1. The molecule has 2 aromatic carbocycles. The van der Waals surface area contributed by atoms with Gasteiger partial charge in [0.05, 0.1) is 0 Å². The first-order chi connectivity index (χ1) is 10.1. The van der Waals surface area contributed by atoms with Gasteiger partial charge >= 0.3 is 0 Å². The molecule has 0 aliphatic carbocycles. The van der Waals surface area contributed by atoms with Crippen LogP contribution >= 0.6 is 23.2 Å². The van der Waals surface area contributed by atoms with Gasteiger partial charge in [-0.25, -0.2) is 0 Å². The van der Waals surface area contributed by atoms with E-state index in [1.54, 1.807) is 6.07 Å². The Morgan fingerprint density at radius 3 is 2.33 bits per heavy atom. The zero-order valence-corrected chi connectivity index (χ0v) is 13.2. The van der Waals surface area contributed by atoms with Crippen LogP contribution in [0.15, 0.2) is 42.5 Å². The van der Waals surface area contributed by atoms with E-state index in [2.05, 4.69) is 29.2 Å². The molecule has 0 unspecified atom stereocenters. The van der Waals surface area contributed by atoms with Crippen molar-refractivity contribution < 1.29 is 0 Å². The second-order valence-corrected chi connectivity index (χ2v) is 6.48. The molecule has 1 heterocycles. The smallest absolute Gasteiger partial charge is 0.0453 e. The molecule has 2 N–H and O–H groups in total. The molecule has 0 aromatic heterocycles. The summed E-state index contributed by atoms with van der Waals surface area (Å²) in [5.41, 5.74) is 10.2. The third-order valence-corrected chi connectivity index (χ3v) is 4.48. The molecule has 2 nitrogen and oxygen atoms in total. The third-order valence-electron chi connectivity index (χ3n) is 3.90. The average Bonchev–Trinajstić information content (AvgIpc) is 2.84. The lowest BCUT2D eigenvalue weighted by atomic mass is 10.1. The predicted octanol–water partition coefficient (Wildman–Crippen LogP) is 3.88. The van der Waals surface area contributed by atoms with Crippen molar-refractivity contribution in [2.45, 2.75) is 25.6 Å². The Morgan fingerprint density at radius 2 is 1.71 bits per heavy atom. The van der Waals surface area contributed by atoms with Crippen LogP contribution in [-0.4, -0.2) is 17.5 Å². The van der Waals surface area contributed by atoms with Crippen LogP contribution in [0.5, 0.6) is 0 Å². The first-order valence-corrected chi connectivity index (χ1v) is 7.86. The normalized spacial score (nSPS) is 16.0. The number of nitrogens with two attached hydrogens (primary N) is 1. The molecule has 0 radical (unpaired) electrons. The molecule has 2 aromatic rings. The van der Waals surface area contributed by atoms with Crippen LogP contribution < -0.4 is 5.73 Å². The van der Waals surface area contributed by atoms with Gasteiger partial charge in [-0.2, -0.15) is 0 Å². The lowest BCUT2D eigenvalue weighted by molar-refractivity contribution is 0.264. The minimum atomic E-state index is 0.0676. The monoisotopic (exact) mass is 320 g/mol. The molecule has 4 heteroatoms. The van der Waals surface area contributed by atoms with Crippen LogP contribution in [0.4, 0.5) is 0 Å². The predicted molar refractivity (Wildman–Crippen MR) is 88.7 cm³/mol. The van der Waals surface area contributed by atoms with Crippen molar-refractivity contribution in [2.75, 3.05) is 6.54 Å². The molecule has 0 bridgehead atoms. The maximum Gasteiger partial charge on any atom is 0.0453 e. The van der Waals surface area contributed by atoms with E-state index in [0.29, 0.717) is 10.0 Å². The second kappa shape index (κ2) is 6.37. The molecule has 110 valence electrons.